The minimum atomic E-state index is 0.622. The zero-order chi connectivity index (χ0) is 15.9. The van der Waals surface area contributed by atoms with Gasteiger partial charge in [0.2, 0.25) is 5.95 Å². The molecule has 3 rings (SSSR count). The highest BCUT2D eigenvalue weighted by Crippen LogP contribution is 2.19. The highest BCUT2D eigenvalue weighted by atomic mass is 15.2. The van der Waals surface area contributed by atoms with Crippen molar-refractivity contribution in [1.82, 2.24) is 20.2 Å². The van der Waals surface area contributed by atoms with E-state index in [1.807, 2.05) is 43.3 Å². The highest BCUT2D eigenvalue weighted by molar-refractivity contribution is 5.61. The van der Waals surface area contributed by atoms with Crippen molar-refractivity contribution in [3.63, 3.8) is 0 Å². The molecule has 2 heterocycles. The molecule has 2 aromatic heterocycles. The van der Waals surface area contributed by atoms with Crippen LogP contribution in [0.5, 0.6) is 0 Å². The van der Waals surface area contributed by atoms with Gasteiger partial charge in [0.15, 0.2) is 5.82 Å². The molecular formula is C17H18N6. The molecule has 6 heteroatoms. The summed E-state index contributed by atoms with van der Waals surface area (Å²) in [5.41, 5.74) is 3.01. The van der Waals surface area contributed by atoms with Gasteiger partial charge in [-0.15, -0.1) is 10.2 Å². The summed E-state index contributed by atoms with van der Waals surface area (Å²) in [6.45, 7) is 3.43. The molecule has 2 N–H and O–H groups in total. The Balaban J connectivity index is 1.56. The first-order valence-electron chi connectivity index (χ1n) is 7.47. The van der Waals surface area contributed by atoms with Gasteiger partial charge in [-0.05, 0) is 24.6 Å². The van der Waals surface area contributed by atoms with Crippen LogP contribution >= 0.6 is 0 Å². The van der Waals surface area contributed by atoms with E-state index in [0.29, 0.717) is 19.0 Å². The Bertz CT molecular complexity index is 746. The normalized spacial score (nSPS) is 10.3. The second kappa shape index (κ2) is 7.31. The lowest BCUT2D eigenvalue weighted by Crippen LogP contribution is -2.16. The van der Waals surface area contributed by atoms with Crippen molar-refractivity contribution in [3.05, 3.63) is 60.4 Å². The van der Waals surface area contributed by atoms with Gasteiger partial charge in [0.1, 0.15) is 0 Å². The maximum Gasteiger partial charge on any atom is 0.222 e. The fraction of sp³-hybridized carbons (Fsp3) is 0.176. The second-order valence-corrected chi connectivity index (χ2v) is 5.05. The SMILES string of the molecule is Cc1cc(-c2ccccc2)nnc1NCCNc1ncccn1. The summed E-state index contributed by atoms with van der Waals surface area (Å²) in [4.78, 5) is 8.22. The van der Waals surface area contributed by atoms with Crippen LogP contribution < -0.4 is 10.6 Å². The Hall–Kier alpha value is -3.02. The minimum Gasteiger partial charge on any atom is -0.367 e. The molecule has 0 atom stereocenters. The number of hydrogen-bond acceptors (Lipinski definition) is 6. The van der Waals surface area contributed by atoms with E-state index in [4.69, 9.17) is 0 Å². The lowest BCUT2D eigenvalue weighted by Gasteiger charge is -2.10. The van der Waals surface area contributed by atoms with Crippen LogP contribution in [0.3, 0.4) is 0 Å². The average molecular weight is 306 g/mol. The van der Waals surface area contributed by atoms with Gasteiger partial charge in [0.05, 0.1) is 5.69 Å². The van der Waals surface area contributed by atoms with E-state index >= 15 is 0 Å². The molecule has 0 fully saturated rings. The first-order chi connectivity index (χ1) is 11.3. The van der Waals surface area contributed by atoms with Crippen LogP contribution in [0.4, 0.5) is 11.8 Å². The van der Waals surface area contributed by atoms with E-state index in [0.717, 1.165) is 22.6 Å². The first kappa shape index (κ1) is 14.9. The topological polar surface area (TPSA) is 75.6 Å². The van der Waals surface area contributed by atoms with Gasteiger partial charge < -0.3 is 10.6 Å². The number of rotatable bonds is 6. The van der Waals surface area contributed by atoms with Crippen molar-refractivity contribution in [3.8, 4) is 11.3 Å². The van der Waals surface area contributed by atoms with Crippen molar-refractivity contribution in [2.45, 2.75) is 6.92 Å². The quantitative estimate of drug-likeness (QED) is 0.682. The third-order valence-corrected chi connectivity index (χ3v) is 3.32. The Morgan fingerprint density at radius 1 is 0.870 bits per heavy atom. The number of hydrogen-bond donors (Lipinski definition) is 2. The molecule has 0 aliphatic carbocycles. The van der Waals surface area contributed by atoms with Crippen molar-refractivity contribution < 1.29 is 0 Å². The van der Waals surface area contributed by atoms with Crippen LogP contribution in [-0.2, 0) is 0 Å². The van der Waals surface area contributed by atoms with E-state index in [-0.39, 0.29) is 0 Å². The molecule has 6 nitrogen and oxygen atoms in total. The van der Waals surface area contributed by atoms with Crippen molar-refractivity contribution in [2.24, 2.45) is 0 Å². The summed E-state index contributed by atoms with van der Waals surface area (Å²) in [6.07, 6.45) is 3.42. The lowest BCUT2D eigenvalue weighted by molar-refractivity contribution is 0.972. The molecule has 3 aromatic rings. The summed E-state index contributed by atoms with van der Waals surface area (Å²) < 4.78 is 0. The zero-order valence-electron chi connectivity index (χ0n) is 12.9. The summed E-state index contributed by atoms with van der Waals surface area (Å²) in [7, 11) is 0. The Kier molecular flexibility index (Phi) is 4.73. The van der Waals surface area contributed by atoms with E-state index in [1.54, 1.807) is 18.5 Å². The fourth-order valence-corrected chi connectivity index (χ4v) is 2.16. The monoisotopic (exact) mass is 306 g/mol. The van der Waals surface area contributed by atoms with Crippen LogP contribution in [0, 0.1) is 6.92 Å². The number of aryl methyl sites for hydroxylation is 1. The zero-order valence-corrected chi connectivity index (χ0v) is 12.9. The van der Waals surface area contributed by atoms with E-state index < -0.39 is 0 Å². The first-order valence-corrected chi connectivity index (χ1v) is 7.47. The van der Waals surface area contributed by atoms with Gasteiger partial charge in [-0.1, -0.05) is 30.3 Å². The molecule has 0 saturated carbocycles. The van der Waals surface area contributed by atoms with Gasteiger partial charge in [-0.25, -0.2) is 9.97 Å². The van der Waals surface area contributed by atoms with Crippen LogP contribution in [0.1, 0.15) is 5.56 Å². The number of benzene rings is 1. The third kappa shape index (κ3) is 4.00. The van der Waals surface area contributed by atoms with Gasteiger partial charge in [-0.3, -0.25) is 0 Å². The molecule has 116 valence electrons. The van der Waals surface area contributed by atoms with Crippen LogP contribution in [-0.4, -0.2) is 33.3 Å². The van der Waals surface area contributed by atoms with Gasteiger partial charge in [-0.2, -0.15) is 0 Å². The Morgan fingerprint density at radius 3 is 2.35 bits per heavy atom. The fourth-order valence-electron chi connectivity index (χ4n) is 2.16. The average Bonchev–Trinajstić information content (AvgIpc) is 2.61. The molecule has 0 saturated heterocycles. The molecular weight excluding hydrogens is 288 g/mol. The molecule has 0 spiro atoms. The molecule has 23 heavy (non-hydrogen) atoms. The van der Waals surface area contributed by atoms with Crippen molar-refractivity contribution >= 4 is 11.8 Å². The smallest absolute Gasteiger partial charge is 0.222 e. The predicted molar refractivity (Wildman–Crippen MR) is 91.2 cm³/mol. The van der Waals surface area contributed by atoms with E-state index in [1.165, 1.54) is 0 Å². The van der Waals surface area contributed by atoms with Crippen molar-refractivity contribution in [2.75, 3.05) is 23.7 Å². The van der Waals surface area contributed by atoms with Gasteiger partial charge in [0, 0.05) is 31.0 Å². The van der Waals surface area contributed by atoms with Gasteiger partial charge >= 0.3 is 0 Å². The lowest BCUT2D eigenvalue weighted by atomic mass is 10.1. The Morgan fingerprint density at radius 2 is 1.61 bits per heavy atom. The molecule has 0 aliphatic heterocycles. The maximum atomic E-state index is 4.29. The molecule has 0 aliphatic rings. The summed E-state index contributed by atoms with van der Waals surface area (Å²) >= 11 is 0. The third-order valence-electron chi connectivity index (χ3n) is 3.32. The molecule has 0 radical (unpaired) electrons. The molecule has 1 aromatic carbocycles. The predicted octanol–water partition coefficient (Wildman–Crippen LogP) is 2.77. The second-order valence-electron chi connectivity index (χ2n) is 5.05. The summed E-state index contributed by atoms with van der Waals surface area (Å²) in [6, 6.07) is 13.9. The minimum absolute atomic E-state index is 0.622. The number of anilines is 2. The van der Waals surface area contributed by atoms with Crippen LogP contribution in [0.25, 0.3) is 11.3 Å². The van der Waals surface area contributed by atoms with Crippen LogP contribution in [0.15, 0.2) is 54.9 Å². The van der Waals surface area contributed by atoms with Crippen LogP contribution in [0.2, 0.25) is 0 Å². The molecule has 0 bridgehead atoms. The molecule has 0 amide bonds. The summed E-state index contributed by atoms with van der Waals surface area (Å²) in [5, 5.41) is 15.0. The summed E-state index contributed by atoms with van der Waals surface area (Å²) in [5.74, 6) is 1.41. The Labute approximate surface area is 135 Å². The standard InChI is InChI=1S/C17H18N6/c1-13-12-15(14-6-3-2-4-7-14)22-23-16(13)18-10-11-21-17-19-8-5-9-20-17/h2-9,12H,10-11H2,1H3,(H,18,23)(H,19,20,21). The number of aromatic nitrogens is 4. The number of nitrogens with zero attached hydrogens (tertiary/aromatic N) is 4. The molecule has 0 unspecified atom stereocenters. The number of nitrogens with one attached hydrogen (secondary N) is 2. The van der Waals surface area contributed by atoms with Crippen molar-refractivity contribution in [1.29, 1.82) is 0 Å². The van der Waals surface area contributed by atoms with E-state index in [9.17, 15) is 0 Å². The van der Waals surface area contributed by atoms with E-state index in [2.05, 4.69) is 30.8 Å². The maximum absolute atomic E-state index is 4.29. The highest BCUT2D eigenvalue weighted by Gasteiger charge is 2.05. The largest absolute Gasteiger partial charge is 0.367 e. The van der Waals surface area contributed by atoms with Gasteiger partial charge in [0.25, 0.3) is 0 Å².